The molecule has 3 heterocycles. The van der Waals surface area contributed by atoms with Gasteiger partial charge in [0.1, 0.15) is 16.2 Å². The van der Waals surface area contributed by atoms with Crippen LogP contribution in [0.1, 0.15) is 28.2 Å². The zero-order chi connectivity index (χ0) is 17.1. The van der Waals surface area contributed by atoms with Crippen LogP contribution in [0.5, 0.6) is 0 Å². The highest BCUT2D eigenvalue weighted by Crippen LogP contribution is 2.39. The molecule has 3 aromatic heterocycles. The van der Waals surface area contributed by atoms with Gasteiger partial charge in [-0.3, -0.25) is 4.79 Å². The highest BCUT2D eigenvalue weighted by atomic mass is 32.2. The fourth-order valence-electron chi connectivity index (χ4n) is 2.87. The van der Waals surface area contributed by atoms with Crippen molar-refractivity contribution in [3.63, 3.8) is 0 Å². The summed E-state index contributed by atoms with van der Waals surface area (Å²) in [5.41, 5.74) is 3.96. The molecule has 0 fully saturated rings. The number of thiophene rings is 2. The van der Waals surface area contributed by atoms with Gasteiger partial charge in [0.2, 0.25) is 5.91 Å². The number of carbonyl (C=O) groups is 1. The first-order chi connectivity index (χ1) is 12.3. The van der Waals surface area contributed by atoms with E-state index in [4.69, 9.17) is 0 Å². The Morgan fingerprint density at radius 3 is 3.16 bits per heavy atom. The molecule has 1 aliphatic rings. The Bertz CT molecular complexity index is 918. The number of hydrogen-bond acceptors (Lipinski definition) is 7. The van der Waals surface area contributed by atoms with Gasteiger partial charge in [-0.25, -0.2) is 15.4 Å². The van der Waals surface area contributed by atoms with Crippen LogP contribution < -0.4 is 5.43 Å². The van der Waals surface area contributed by atoms with Gasteiger partial charge in [0.05, 0.1) is 12.0 Å². The Hall–Kier alpha value is -1.77. The van der Waals surface area contributed by atoms with E-state index in [2.05, 4.69) is 20.5 Å². The summed E-state index contributed by atoms with van der Waals surface area (Å²) in [7, 11) is 0. The third-order valence-electron chi connectivity index (χ3n) is 3.98. The number of rotatable bonds is 5. The first-order valence-electron chi connectivity index (χ1n) is 8.05. The molecule has 4 rings (SSSR count). The van der Waals surface area contributed by atoms with Gasteiger partial charge in [0.15, 0.2) is 0 Å². The molecule has 0 bridgehead atoms. The summed E-state index contributed by atoms with van der Waals surface area (Å²) < 4.78 is 0. The SMILES string of the molecule is O=C(CSc1ncnc2sc3c(c12)CCCC3)NN=Cc1cccs1. The molecule has 0 radical (unpaired) electrons. The summed E-state index contributed by atoms with van der Waals surface area (Å²) in [6, 6.07) is 3.90. The molecule has 0 saturated heterocycles. The molecule has 0 aliphatic heterocycles. The van der Waals surface area contributed by atoms with Crippen molar-refractivity contribution >= 4 is 56.8 Å². The van der Waals surface area contributed by atoms with Gasteiger partial charge < -0.3 is 0 Å². The van der Waals surface area contributed by atoms with Crippen LogP contribution in [0.2, 0.25) is 0 Å². The molecule has 5 nitrogen and oxygen atoms in total. The van der Waals surface area contributed by atoms with Gasteiger partial charge in [-0.05, 0) is 42.7 Å². The standard InChI is InChI=1S/C17H16N4OS3/c22-14(21-20-8-11-4-3-7-23-11)9-24-16-15-12-5-1-2-6-13(12)25-17(15)19-10-18-16/h3-4,7-8,10H,1-2,5-6,9H2,(H,21,22). The van der Waals surface area contributed by atoms with E-state index < -0.39 is 0 Å². The predicted molar refractivity (Wildman–Crippen MR) is 105 cm³/mol. The minimum Gasteiger partial charge on any atom is -0.272 e. The molecule has 8 heteroatoms. The molecule has 1 N–H and O–H groups in total. The van der Waals surface area contributed by atoms with Crippen molar-refractivity contribution in [1.82, 2.24) is 15.4 Å². The van der Waals surface area contributed by atoms with Crippen LogP contribution in [0.4, 0.5) is 0 Å². The summed E-state index contributed by atoms with van der Waals surface area (Å²) in [4.78, 5) is 24.4. The lowest BCUT2D eigenvalue weighted by Crippen LogP contribution is -2.19. The van der Waals surface area contributed by atoms with E-state index in [9.17, 15) is 4.79 Å². The lowest BCUT2D eigenvalue weighted by atomic mass is 9.97. The first kappa shape index (κ1) is 16.7. The molecule has 0 spiro atoms. The average molecular weight is 389 g/mol. The number of aromatic nitrogens is 2. The molecule has 128 valence electrons. The Kier molecular flexibility index (Phi) is 5.09. The van der Waals surface area contributed by atoms with E-state index in [1.165, 1.54) is 35.0 Å². The zero-order valence-corrected chi connectivity index (χ0v) is 15.8. The number of hydrogen-bond donors (Lipinski definition) is 1. The minimum atomic E-state index is -0.131. The maximum absolute atomic E-state index is 12.0. The van der Waals surface area contributed by atoms with Gasteiger partial charge >= 0.3 is 0 Å². The zero-order valence-electron chi connectivity index (χ0n) is 13.4. The third-order valence-corrected chi connectivity index (χ3v) is 6.98. The van der Waals surface area contributed by atoms with Gasteiger partial charge in [-0.15, -0.1) is 22.7 Å². The second kappa shape index (κ2) is 7.63. The number of carbonyl (C=O) groups excluding carboxylic acids is 1. The minimum absolute atomic E-state index is 0.131. The van der Waals surface area contributed by atoms with Crippen LogP contribution in [0.25, 0.3) is 10.2 Å². The van der Waals surface area contributed by atoms with E-state index >= 15 is 0 Å². The Morgan fingerprint density at radius 2 is 2.28 bits per heavy atom. The van der Waals surface area contributed by atoms with Gasteiger partial charge in [0, 0.05) is 15.1 Å². The fourth-order valence-corrected chi connectivity index (χ4v) is 5.57. The second-order valence-electron chi connectivity index (χ2n) is 5.67. The Morgan fingerprint density at radius 1 is 1.36 bits per heavy atom. The maximum Gasteiger partial charge on any atom is 0.250 e. The summed E-state index contributed by atoms with van der Waals surface area (Å²) in [5, 5.41) is 8.02. The van der Waals surface area contributed by atoms with Crippen molar-refractivity contribution in [3.8, 4) is 0 Å². The lowest BCUT2D eigenvalue weighted by Gasteiger charge is -2.11. The molecule has 3 aromatic rings. The highest BCUT2D eigenvalue weighted by Gasteiger charge is 2.20. The van der Waals surface area contributed by atoms with Crippen molar-refractivity contribution < 1.29 is 4.79 Å². The molecule has 1 aliphatic carbocycles. The van der Waals surface area contributed by atoms with Gasteiger partial charge in [-0.1, -0.05) is 17.8 Å². The monoisotopic (exact) mass is 388 g/mol. The van der Waals surface area contributed by atoms with Crippen molar-refractivity contribution in [2.45, 2.75) is 30.7 Å². The van der Waals surface area contributed by atoms with Crippen molar-refractivity contribution in [2.75, 3.05) is 5.75 Å². The molecule has 25 heavy (non-hydrogen) atoms. The number of amides is 1. The van der Waals surface area contributed by atoms with Gasteiger partial charge in [-0.2, -0.15) is 5.10 Å². The predicted octanol–water partition coefficient (Wildman–Crippen LogP) is 3.87. The third kappa shape index (κ3) is 3.75. The largest absolute Gasteiger partial charge is 0.272 e. The number of thioether (sulfide) groups is 1. The number of fused-ring (bicyclic) bond motifs is 3. The van der Waals surface area contributed by atoms with Crippen LogP contribution in [0.3, 0.4) is 0 Å². The molecule has 0 atom stereocenters. The number of nitrogens with zero attached hydrogens (tertiary/aromatic N) is 3. The molecule has 1 amide bonds. The van der Waals surface area contributed by atoms with E-state index in [-0.39, 0.29) is 5.91 Å². The molecular weight excluding hydrogens is 372 g/mol. The molecule has 0 saturated carbocycles. The van der Waals surface area contributed by atoms with E-state index in [1.807, 2.05) is 17.5 Å². The van der Waals surface area contributed by atoms with Crippen molar-refractivity contribution in [3.05, 3.63) is 39.2 Å². The molecular formula is C17H16N4OS3. The fraction of sp³-hybridized carbons (Fsp3) is 0.294. The number of hydrazone groups is 1. The van der Waals surface area contributed by atoms with E-state index in [0.717, 1.165) is 33.0 Å². The molecule has 0 unspecified atom stereocenters. The normalized spacial score (nSPS) is 14.1. The van der Waals surface area contributed by atoms with Crippen molar-refractivity contribution in [2.24, 2.45) is 5.10 Å². The number of nitrogens with one attached hydrogen (secondary N) is 1. The molecule has 0 aromatic carbocycles. The average Bonchev–Trinajstić information content (AvgIpc) is 3.27. The Labute approximate surface area is 157 Å². The lowest BCUT2D eigenvalue weighted by molar-refractivity contribution is -0.118. The topological polar surface area (TPSA) is 67.2 Å². The van der Waals surface area contributed by atoms with Crippen LogP contribution >= 0.6 is 34.4 Å². The van der Waals surface area contributed by atoms with Crippen LogP contribution in [-0.2, 0) is 17.6 Å². The summed E-state index contributed by atoms with van der Waals surface area (Å²) in [5.74, 6) is 0.159. The number of aryl methyl sites for hydroxylation is 2. The van der Waals surface area contributed by atoms with E-state index in [0.29, 0.717) is 5.75 Å². The second-order valence-corrected chi connectivity index (χ2v) is 8.69. The summed E-state index contributed by atoms with van der Waals surface area (Å²) in [6.45, 7) is 0. The van der Waals surface area contributed by atoms with Crippen LogP contribution in [0, 0.1) is 0 Å². The van der Waals surface area contributed by atoms with Crippen LogP contribution in [0.15, 0.2) is 34.0 Å². The Balaban J connectivity index is 1.44. The smallest absolute Gasteiger partial charge is 0.250 e. The summed E-state index contributed by atoms with van der Waals surface area (Å²) >= 11 is 4.81. The summed E-state index contributed by atoms with van der Waals surface area (Å²) in [6.07, 6.45) is 7.95. The maximum atomic E-state index is 12.0. The highest BCUT2D eigenvalue weighted by molar-refractivity contribution is 8.00. The quantitative estimate of drug-likeness (QED) is 0.312. The van der Waals surface area contributed by atoms with Gasteiger partial charge in [0.25, 0.3) is 0 Å². The van der Waals surface area contributed by atoms with Crippen LogP contribution in [-0.4, -0.2) is 27.8 Å². The van der Waals surface area contributed by atoms with Crippen molar-refractivity contribution in [1.29, 1.82) is 0 Å². The van der Waals surface area contributed by atoms with E-state index in [1.54, 1.807) is 35.2 Å². The first-order valence-corrected chi connectivity index (χ1v) is 10.7.